The predicted octanol–water partition coefficient (Wildman–Crippen LogP) is 3.19. The summed E-state index contributed by atoms with van der Waals surface area (Å²) in [5.74, 6) is -1.12. The summed E-state index contributed by atoms with van der Waals surface area (Å²) in [7, 11) is 0. The van der Waals surface area contributed by atoms with Crippen molar-refractivity contribution in [3.63, 3.8) is 0 Å². The van der Waals surface area contributed by atoms with E-state index in [2.05, 4.69) is 15.3 Å². The molecule has 1 aromatic rings. The first-order chi connectivity index (χ1) is 10.4. The first kappa shape index (κ1) is 16.0. The minimum atomic E-state index is -4.55. The maximum Gasteiger partial charge on any atom is 0.451 e. The van der Waals surface area contributed by atoms with Gasteiger partial charge in [-0.15, -0.1) is 0 Å². The molecule has 3 aliphatic rings. The van der Waals surface area contributed by atoms with Gasteiger partial charge in [0.2, 0.25) is 5.82 Å². The molecule has 126 valence electrons. The number of halogens is 3. The average Bonchev–Trinajstić information content (AvgIpc) is 2.28. The molecule has 1 amide bonds. The molecule has 0 saturated heterocycles. The third-order valence-corrected chi connectivity index (χ3v) is 4.25. The van der Waals surface area contributed by atoms with Gasteiger partial charge in [-0.1, -0.05) is 0 Å². The number of carbonyl (C=O) groups excluding carboxylic acids is 1. The van der Waals surface area contributed by atoms with Crippen molar-refractivity contribution < 1.29 is 22.7 Å². The third-order valence-electron chi connectivity index (χ3n) is 4.25. The normalized spacial score (nSPS) is 29.3. The molecule has 4 rings (SSSR count). The van der Waals surface area contributed by atoms with E-state index in [1.807, 2.05) is 0 Å². The second-order valence-corrected chi connectivity index (χ2v) is 7.48. The Balaban J connectivity index is 1.64. The van der Waals surface area contributed by atoms with Gasteiger partial charge in [-0.3, -0.25) is 0 Å². The number of nitrogens with one attached hydrogen (secondary N) is 1. The molecule has 0 unspecified atom stereocenters. The monoisotopic (exact) mass is 329 g/mol. The second kappa shape index (κ2) is 4.58. The van der Waals surface area contributed by atoms with Crippen molar-refractivity contribution in [3.8, 4) is 0 Å². The minimum absolute atomic E-state index is 0.369. The van der Waals surface area contributed by atoms with Crippen LogP contribution in [0.3, 0.4) is 0 Å². The predicted molar refractivity (Wildman–Crippen MR) is 74.7 cm³/mol. The Kier molecular flexibility index (Phi) is 3.19. The van der Waals surface area contributed by atoms with Crippen LogP contribution < -0.4 is 5.32 Å². The number of aromatic nitrogens is 2. The molecule has 3 saturated carbocycles. The molecule has 3 aliphatic carbocycles. The van der Waals surface area contributed by atoms with Gasteiger partial charge >= 0.3 is 12.3 Å². The summed E-state index contributed by atoms with van der Waals surface area (Å²) in [6.45, 7) is 5.32. The molecule has 3 fully saturated rings. The molecule has 0 radical (unpaired) electrons. The van der Waals surface area contributed by atoms with Crippen LogP contribution in [-0.2, 0) is 16.3 Å². The summed E-state index contributed by atoms with van der Waals surface area (Å²) in [6.07, 6.45) is -2.18. The maximum absolute atomic E-state index is 12.7. The number of hydrogen-bond acceptors (Lipinski definition) is 4. The standard InChI is InChI=1S/C15H18F3N3O2/c1-12(2,3)23-11(22)21-14-6-13(7-14,8-14)9-4-5-19-10(20-9)15(16,17)18/h4-5H,6-8H2,1-3H3,(H,21,22). The Morgan fingerprint density at radius 2 is 1.87 bits per heavy atom. The van der Waals surface area contributed by atoms with Crippen LogP contribution in [0, 0.1) is 0 Å². The zero-order chi connectivity index (χ0) is 17.1. The molecule has 23 heavy (non-hydrogen) atoms. The summed E-state index contributed by atoms with van der Waals surface area (Å²) in [6, 6.07) is 1.52. The SMILES string of the molecule is CC(C)(C)OC(=O)NC12CC(c3ccnc(C(F)(F)F)n3)(C1)C2. The zero-order valence-corrected chi connectivity index (χ0v) is 13.1. The number of hydrogen-bond donors (Lipinski definition) is 1. The van der Waals surface area contributed by atoms with Gasteiger partial charge in [0.15, 0.2) is 0 Å². The first-order valence-electron chi connectivity index (χ1n) is 7.35. The Morgan fingerprint density at radius 1 is 1.26 bits per heavy atom. The van der Waals surface area contributed by atoms with Crippen LogP contribution in [0.15, 0.2) is 12.3 Å². The van der Waals surface area contributed by atoms with E-state index in [1.165, 1.54) is 6.07 Å². The fraction of sp³-hybridized carbons (Fsp3) is 0.667. The second-order valence-electron chi connectivity index (χ2n) is 7.48. The number of nitrogens with zero attached hydrogens (tertiary/aromatic N) is 2. The van der Waals surface area contributed by atoms with E-state index in [9.17, 15) is 18.0 Å². The van der Waals surface area contributed by atoms with Crippen LogP contribution >= 0.6 is 0 Å². The van der Waals surface area contributed by atoms with Crippen LogP contribution in [0.2, 0.25) is 0 Å². The van der Waals surface area contributed by atoms with E-state index in [-0.39, 0.29) is 11.0 Å². The van der Waals surface area contributed by atoms with Gasteiger partial charge in [0.1, 0.15) is 5.60 Å². The molecule has 0 spiro atoms. The summed E-state index contributed by atoms with van der Waals surface area (Å²) >= 11 is 0. The van der Waals surface area contributed by atoms with Crippen LogP contribution in [0.25, 0.3) is 0 Å². The lowest BCUT2D eigenvalue weighted by Crippen LogP contribution is -2.77. The Bertz CT molecular complexity index is 632. The van der Waals surface area contributed by atoms with Crippen molar-refractivity contribution >= 4 is 6.09 Å². The van der Waals surface area contributed by atoms with Gasteiger partial charge in [0, 0.05) is 17.2 Å². The van der Waals surface area contributed by atoms with E-state index < -0.39 is 23.7 Å². The molecule has 1 N–H and O–H groups in total. The molecular formula is C15H18F3N3O2. The highest BCUT2D eigenvalue weighted by Crippen LogP contribution is 2.67. The fourth-order valence-electron chi connectivity index (χ4n) is 3.50. The highest BCUT2D eigenvalue weighted by Gasteiger charge is 2.70. The number of alkyl halides is 3. The van der Waals surface area contributed by atoms with E-state index in [0.29, 0.717) is 25.0 Å². The number of carbonyl (C=O) groups is 1. The average molecular weight is 329 g/mol. The summed E-state index contributed by atoms with van der Waals surface area (Å²) in [5.41, 5.74) is -0.934. The van der Waals surface area contributed by atoms with Crippen molar-refractivity contribution in [2.45, 2.75) is 62.8 Å². The van der Waals surface area contributed by atoms with Gasteiger partial charge in [-0.2, -0.15) is 13.2 Å². The molecule has 0 aromatic carbocycles. The van der Waals surface area contributed by atoms with Crippen molar-refractivity contribution in [1.29, 1.82) is 0 Å². The molecule has 1 heterocycles. The molecule has 8 heteroatoms. The smallest absolute Gasteiger partial charge is 0.444 e. The minimum Gasteiger partial charge on any atom is -0.444 e. The molecule has 0 aliphatic heterocycles. The first-order valence-corrected chi connectivity index (χ1v) is 7.35. The summed E-state index contributed by atoms with van der Waals surface area (Å²) < 4.78 is 43.3. The third kappa shape index (κ3) is 2.86. The highest BCUT2D eigenvalue weighted by atomic mass is 19.4. The summed E-state index contributed by atoms with van der Waals surface area (Å²) in [4.78, 5) is 18.8. The highest BCUT2D eigenvalue weighted by molar-refractivity contribution is 5.70. The van der Waals surface area contributed by atoms with E-state index >= 15 is 0 Å². The number of ether oxygens (including phenoxy) is 1. The van der Waals surface area contributed by atoms with Crippen LogP contribution in [-0.4, -0.2) is 27.2 Å². The Morgan fingerprint density at radius 3 is 2.39 bits per heavy atom. The Hall–Kier alpha value is -1.86. The van der Waals surface area contributed by atoms with Gasteiger partial charge in [-0.05, 0) is 46.1 Å². The van der Waals surface area contributed by atoms with Crippen molar-refractivity contribution in [2.24, 2.45) is 0 Å². The molecule has 1 aromatic heterocycles. The maximum atomic E-state index is 12.7. The quantitative estimate of drug-likeness (QED) is 0.905. The molecule has 0 atom stereocenters. The fourth-order valence-corrected chi connectivity index (χ4v) is 3.50. The molecular weight excluding hydrogens is 311 g/mol. The van der Waals surface area contributed by atoms with Gasteiger partial charge in [0.05, 0.1) is 5.69 Å². The van der Waals surface area contributed by atoms with Crippen molar-refractivity contribution in [3.05, 3.63) is 23.8 Å². The largest absolute Gasteiger partial charge is 0.451 e. The molecule has 5 nitrogen and oxygen atoms in total. The Labute approximate surface area is 131 Å². The van der Waals surface area contributed by atoms with Gasteiger partial charge in [0.25, 0.3) is 0 Å². The van der Waals surface area contributed by atoms with Crippen LogP contribution in [0.5, 0.6) is 0 Å². The lowest BCUT2D eigenvalue weighted by Gasteiger charge is -2.69. The lowest BCUT2D eigenvalue weighted by molar-refractivity contribution is -0.146. The molecule has 2 bridgehead atoms. The topological polar surface area (TPSA) is 64.1 Å². The van der Waals surface area contributed by atoms with Crippen LogP contribution in [0.1, 0.15) is 51.6 Å². The number of amides is 1. The van der Waals surface area contributed by atoms with Gasteiger partial charge in [-0.25, -0.2) is 14.8 Å². The van der Waals surface area contributed by atoms with Crippen molar-refractivity contribution in [1.82, 2.24) is 15.3 Å². The van der Waals surface area contributed by atoms with E-state index in [1.54, 1.807) is 20.8 Å². The number of rotatable bonds is 2. The van der Waals surface area contributed by atoms with Crippen molar-refractivity contribution in [2.75, 3.05) is 0 Å². The van der Waals surface area contributed by atoms with Gasteiger partial charge < -0.3 is 10.1 Å². The van der Waals surface area contributed by atoms with Crippen LogP contribution in [0.4, 0.5) is 18.0 Å². The lowest BCUT2D eigenvalue weighted by atomic mass is 9.38. The van der Waals surface area contributed by atoms with E-state index in [0.717, 1.165) is 6.20 Å². The zero-order valence-electron chi connectivity index (χ0n) is 13.1. The van der Waals surface area contributed by atoms with E-state index in [4.69, 9.17) is 4.74 Å². The summed E-state index contributed by atoms with van der Waals surface area (Å²) in [5, 5.41) is 2.83. The number of alkyl carbamates (subject to hydrolysis) is 1.